The maximum atomic E-state index is 4.01. The largest absolute Gasteiger partial charge is 0.229 e. The number of unbranched alkanes of at least 4 members (excludes halogenated alkanes) is 10. The van der Waals surface area contributed by atoms with Crippen LogP contribution in [0.1, 0.15) is 103 Å². The van der Waals surface area contributed by atoms with Crippen LogP contribution in [0.3, 0.4) is 0 Å². The van der Waals surface area contributed by atoms with E-state index < -0.39 is 0 Å². The minimum absolute atomic E-state index is 0.485. The molecule has 1 rings (SSSR count). The third kappa shape index (κ3) is 8.84. The van der Waals surface area contributed by atoms with Crippen LogP contribution in [0, 0.1) is 0 Å². The van der Waals surface area contributed by atoms with Crippen LogP contribution in [0.4, 0.5) is 0 Å². The molecule has 4 heteroatoms. The van der Waals surface area contributed by atoms with E-state index in [0.29, 0.717) is 6.04 Å². The first kappa shape index (κ1) is 18.1. The number of hydrogen-bond acceptors (Lipinski definition) is 3. The number of rotatable bonds is 14. The van der Waals surface area contributed by atoms with E-state index in [1.807, 2.05) is 4.68 Å². The summed E-state index contributed by atoms with van der Waals surface area (Å²) < 4.78 is 1.91. The summed E-state index contributed by atoms with van der Waals surface area (Å²) in [5.41, 5.74) is 0. The fourth-order valence-electron chi connectivity index (χ4n) is 2.90. The van der Waals surface area contributed by atoms with Crippen LogP contribution >= 0.6 is 0 Å². The van der Waals surface area contributed by atoms with Crippen molar-refractivity contribution in [1.29, 1.82) is 0 Å². The Kier molecular flexibility index (Phi) is 11.0. The maximum Gasteiger partial charge on any atom is 0.138 e. The van der Waals surface area contributed by atoms with Crippen molar-refractivity contribution in [3.63, 3.8) is 0 Å². The van der Waals surface area contributed by atoms with Gasteiger partial charge in [-0.1, -0.05) is 84.5 Å². The van der Waals surface area contributed by atoms with Gasteiger partial charge >= 0.3 is 0 Å². The predicted octanol–water partition coefficient (Wildman–Crippen LogP) is 5.33. The summed E-state index contributed by atoms with van der Waals surface area (Å²) in [7, 11) is 0. The molecule has 1 unspecified atom stereocenters. The molecule has 0 saturated heterocycles. The number of hydrogen-bond donors (Lipinski definition) is 0. The average molecular weight is 294 g/mol. The van der Waals surface area contributed by atoms with Crippen LogP contribution in [0.2, 0.25) is 0 Å². The summed E-state index contributed by atoms with van der Waals surface area (Å²) >= 11 is 0. The molecular weight excluding hydrogens is 260 g/mol. The van der Waals surface area contributed by atoms with Crippen molar-refractivity contribution in [2.24, 2.45) is 0 Å². The van der Waals surface area contributed by atoms with Crippen LogP contribution in [0.25, 0.3) is 0 Å². The summed E-state index contributed by atoms with van der Waals surface area (Å²) in [5.74, 6) is 0. The SMILES string of the molecule is CCCCCCCCCCCCCC(CC)n1cnnn1. The highest BCUT2D eigenvalue weighted by Gasteiger charge is 2.08. The maximum absolute atomic E-state index is 4.01. The summed E-state index contributed by atoms with van der Waals surface area (Å²) in [4.78, 5) is 0. The molecule has 4 nitrogen and oxygen atoms in total. The molecule has 0 amide bonds. The van der Waals surface area contributed by atoms with E-state index >= 15 is 0 Å². The summed E-state index contributed by atoms with van der Waals surface area (Å²) in [6.45, 7) is 4.49. The molecule has 0 aliphatic carbocycles. The van der Waals surface area contributed by atoms with Crippen molar-refractivity contribution < 1.29 is 0 Å². The lowest BCUT2D eigenvalue weighted by molar-refractivity contribution is 0.385. The second-order valence-corrected chi connectivity index (χ2v) is 6.18. The van der Waals surface area contributed by atoms with E-state index in [9.17, 15) is 0 Å². The van der Waals surface area contributed by atoms with Crippen LogP contribution in [0.15, 0.2) is 6.33 Å². The molecule has 1 atom stereocenters. The molecule has 0 saturated carbocycles. The Morgan fingerprint density at radius 2 is 1.38 bits per heavy atom. The molecule has 1 aromatic rings. The molecule has 122 valence electrons. The molecule has 21 heavy (non-hydrogen) atoms. The molecule has 1 aromatic heterocycles. The summed E-state index contributed by atoms with van der Waals surface area (Å²) in [6.07, 6.45) is 19.5. The molecule has 0 bridgehead atoms. The molecule has 0 spiro atoms. The Bertz CT molecular complexity index is 311. The Morgan fingerprint density at radius 1 is 0.810 bits per heavy atom. The first-order valence-electron chi connectivity index (χ1n) is 9.11. The number of aromatic nitrogens is 4. The molecule has 0 aliphatic rings. The zero-order valence-electron chi connectivity index (χ0n) is 14.1. The summed E-state index contributed by atoms with van der Waals surface area (Å²) in [6, 6.07) is 0.485. The van der Waals surface area contributed by atoms with E-state index in [1.54, 1.807) is 6.33 Å². The zero-order chi connectivity index (χ0) is 15.2. The van der Waals surface area contributed by atoms with Crippen LogP contribution in [0.5, 0.6) is 0 Å². The van der Waals surface area contributed by atoms with Crippen LogP contribution in [-0.2, 0) is 0 Å². The van der Waals surface area contributed by atoms with Gasteiger partial charge < -0.3 is 0 Å². The van der Waals surface area contributed by atoms with Crippen molar-refractivity contribution in [1.82, 2.24) is 20.2 Å². The van der Waals surface area contributed by atoms with Crippen molar-refractivity contribution in [3.8, 4) is 0 Å². The Balaban J connectivity index is 1.88. The third-order valence-corrected chi connectivity index (χ3v) is 4.35. The topological polar surface area (TPSA) is 43.6 Å². The number of nitrogens with zero attached hydrogens (tertiary/aromatic N) is 4. The highest BCUT2D eigenvalue weighted by atomic mass is 15.5. The van der Waals surface area contributed by atoms with Crippen LogP contribution in [-0.4, -0.2) is 20.2 Å². The Labute approximate surface area is 130 Å². The first-order valence-corrected chi connectivity index (χ1v) is 9.11. The van der Waals surface area contributed by atoms with E-state index in [-0.39, 0.29) is 0 Å². The van der Waals surface area contributed by atoms with E-state index in [1.165, 1.54) is 77.0 Å². The van der Waals surface area contributed by atoms with Gasteiger partial charge in [0.05, 0.1) is 6.04 Å². The Hall–Kier alpha value is -0.930. The second-order valence-electron chi connectivity index (χ2n) is 6.18. The molecule has 0 fully saturated rings. The van der Waals surface area contributed by atoms with Crippen molar-refractivity contribution in [3.05, 3.63) is 6.33 Å². The molecule has 0 N–H and O–H groups in total. The van der Waals surface area contributed by atoms with Crippen LogP contribution < -0.4 is 0 Å². The number of tetrazole rings is 1. The normalized spacial score (nSPS) is 12.7. The minimum Gasteiger partial charge on any atom is -0.229 e. The van der Waals surface area contributed by atoms with Gasteiger partial charge in [0.15, 0.2) is 0 Å². The lowest BCUT2D eigenvalue weighted by Gasteiger charge is -2.13. The van der Waals surface area contributed by atoms with E-state index in [2.05, 4.69) is 29.4 Å². The smallest absolute Gasteiger partial charge is 0.138 e. The third-order valence-electron chi connectivity index (χ3n) is 4.35. The summed E-state index contributed by atoms with van der Waals surface area (Å²) in [5, 5.41) is 11.5. The van der Waals surface area contributed by atoms with Gasteiger partial charge in [-0.2, -0.15) is 0 Å². The zero-order valence-corrected chi connectivity index (χ0v) is 14.1. The first-order chi connectivity index (χ1) is 10.4. The average Bonchev–Trinajstić information content (AvgIpc) is 3.03. The highest BCUT2D eigenvalue weighted by Crippen LogP contribution is 2.18. The molecule has 0 aliphatic heterocycles. The van der Waals surface area contributed by atoms with Crippen molar-refractivity contribution >= 4 is 0 Å². The standard InChI is InChI=1S/C17H34N4/c1-3-5-6-7-8-9-10-11-12-13-14-15-17(4-2)21-16-18-19-20-21/h16-17H,3-15H2,1-2H3. The van der Waals surface area contributed by atoms with Gasteiger partial charge in [-0.05, 0) is 23.3 Å². The fraction of sp³-hybridized carbons (Fsp3) is 0.941. The van der Waals surface area contributed by atoms with Crippen molar-refractivity contribution in [2.45, 2.75) is 103 Å². The Morgan fingerprint density at radius 3 is 1.86 bits per heavy atom. The van der Waals surface area contributed by atoms with Gasteiger partial charge in [-0.15, -0.1) is 5.10 Å². The van der Waals surface area contributed by atoms with Gasteiger partial charge in [0.1, 0.15) is 6.33 Å². The van der Waals surface area contributed by atoms with E-state index in [0.717, 1.165) is 6.42 Å². The molecule has 1 heterocycles. The second kappa shape index (κ2) is 12.8. The monoisotopic (exact) mass is 294 g/mol. The van der Waals surface area contributed by atoms with Gasteiger partial charge in [0, 0.05) is 0 Å². The fourth-order valence-corrected chi connectivity index (χ4v) is 2.90. The lowest BCUT2D eigenvalue weighted by atomic mass is 10.0. The molecule has 0 radical (unpaired) electrons. The van der Waals surface area contributed by atoms with Gasteiger partial charge in [0.25, 0.3) is 0 Å². The van der Waals surface area contributed by atoms with E-state index in [4.69, 9.17) is 0 Å². The van der Waals surface area contributed by atoms with Crippen molar-refractivity contribution in [2.75, 3.05) is 0 Å². The van der Waals surface area contributed by atoms with Gasteiger partial charge in [0.2, 0.25) is 0 Å². The predicted molar refractivity (Wildman–Crippen MR) is 88.2 cm³/mol. The molecular formula is C17H34N4. The highest BCUT2D eigenvalue weighted by molar-refractivity contribution is 4.64. The quantitative estimate of drug-likeness (QED) is 0.436. The molecule has 0 aromatic carbocycles. The van der Waals surface area contributed by atoms with Gasteiger partial charge in [-0.25, -0.2) is 4.68 Å². The minimum atomic E-state index is 0.485. The van der Waals surface area contributed by atoms with Gasteiger partial charge in [-0.3, -0.25) is 0 Å². The lowest BCUT2D eigenvalue weighted by Crippen LogP contribution is -2.08.